The highest BCUT2D eigenvalue weighted by molar-refractivity contribution is 6.32. The Labute approximate surface area is 198 Å². The maximum atomic E-state index is 13.4. The maximum Gasteiger partial charge on any atom is 0.408 e. The molecule has 2 aliphatic rings. The predicted molar refractivity (Wildman–Crippen MR) is 117 cm³/mol. The first-order valence-electron chi connectivity index (χ1n) is 10.5. The van der Waals surface area contributed by atoms with E-state index in [1.165, 1.54) is 0 Å². The number of carbonyl (C=O) groups excluding carboxylic acids is 2. The molecule has 0 spiro atoms. The van der Waals surface area contributed by atoms with Crippen LogP contribution in [0, 0.1) is 11.8 Å². The molecule has 2 N–H and O–H groups in total. The Morgan fingerprint density at radius 3 is 2.67 bits per heavy atom. The molecule has 2 amide bonds. The van der Waals surface area contributed by atoms with Gasteiger partial charge in [0.25, 0.3) is 0 Å². The molecule has 2 aromatic rings. The monoisotopic (exact) mass is 500 g/mol. The highest BCUT2D eigenvalue weighted by atomic mass is 35.5. The molecule has 4 atom stereocenters. The molecule has 0 bridgehead atoms. The highest BCUT2D eigenvalue weighted by Gasteiger charge is 2.50. The Kier molecular flexibility index (Phi) is 6.51. The number of piperidine rings is 1. The molecule has 1 saturated heterocycles. The summed E-state index contributed by atoms with van der Waals surface area (Å²) < 4.78 is 45.8. The normalized spacial score (nSPS) is 24.2. The third-order valence-electron chi connectivity index (χ3n) is 6.04. The Morgan fingerprint density at radius 2 is 1.97 bits per heavy atom. The number of amides is 2. The van der Waals surface area contributed by atoms with Gasteiger partial charge in [0.05, 0.1) is 6.04 Å². The molecule has 33 heavy (non-hydrogen) atoms. The van der Waals surface area contributed by atoms with Gasteiger partial charge in [-0.3, -0.25) is 9.59 Å². The zero-order valence-electron chi connectivity index (χ0n) is 17.5. The van der Waals surface area contributed by atoms with Crippen molar-refractivity contribution < 1.29 is 27.5 Å². The van der Waals surface area contributed by atoms with Crippen LogP contribution < -0.4 is 15.4 Å². The molecule has 176 valence electrons. The van der Waals surface area contributed by atoms with Crippen LogP contribution in [0.25, 0.3) is 0 Å². The van der Waals surface area contributed by atoms with Crippen LogP contribution in [0.15, 0.2) is 36.4 Å². The van der Waals surface area contributed by atoms with E-state index >= 15 is 0 Å². The quantitative estimate of drug-likeness (QED) is 0.522. The molecule has 0 saturated carbocycles. The van der Waals surface area contributed by atoms with Gasteiger partial charge in [-0.2, -0.15) is 13.2 Å². The van der Waals surface area contributed by atoms with Gasteiger partial charge in [-0.1, -0.05) is 48.7 Å². The number of carbonyl (C=O) groups is 2. The first-order chi connectivity index (χ1) is 15.6. The number of hydrogen-bond acceptors (Lipinski definition) is 3. The third-order valence-corrected chi connectivity index (χ3v) is 6.61. The standard InChI is InChI=1S/C23H21Cl2F3N2O3/c1-2-4-11-9-17(23(26,27)28)29-21(31)18(11)22(32)30-20-13-8-7-12(24)10-16(13)33-15-6-3-5-14(25)19(15)20/h3,5-8,10-11,17-18,20H,2,4,9H2,1H3,(H,29,31)(H,30,32). The molecule has 5 nitrogen and oxygen atoms in total. The van der Waals surface area contributed by atoms with Crippen LogP contribution in [0.5, 0.6) is 11.5 Å². The van der Waals surface area contributed by atoms with E-state index in [1.807, 2.05) is 5.32 Å². The number of rotatable bonds is 4. The van der Waals surface area contributed by atoms with Crippen molar-refractivity contribution in [1.29, 1.82) is 0 Å². The second-order valence-corrected chi connectivity index (χ2v) is 9.09. The van der Waals surface area contributed by atoms with Crippen LogP contribution in [0.4, 0.5) is 13.2 Å². The van der Waals surface area contributed by atoms with Crippen LogP contribution in [0.1, 0.15) is 43.4 Å². The van der Waals surface area contributed by atoms with Crippen LogP contribution in [0.2, 0.25) is 10.0 Å². The topological polar surface area (TPSA) is 67.4 Å². The number of nitrogens with one attached hydrogen (secondary N) is 2. The van der Waals surface area contributed by atoms with Gasteiger partial charge in [0.15, 0.2) is 0 Å². The molecular weight excluding hydrogens is 480 g/mol. The van der Waals surface area contributed by atoms with Gasteiger partial charge in [0.2, 0.25) is 11.8 Å². The molecular formula is C23H21Cl2F3N2O3. The molecule has 2 heterocycles. The molecule has 0 radical (unpaired) electrons. The summed E-state index contributed by atoms with van der Waals surface area (Å²) in [6.45, 7) is 1.80. The number of fused-ring (bicyclic) bond motifs is 2. The van der Waals surface area contributed by atoms with E-state index < -0.39 is 41.9 Å². The lowest BCUT2D eigenvalue weighted by atomic mass is 9.78. The van der Waals surface area contributed by atoms with Crippen LogP contribution in [0.3, 0.4) is 0 Å². The Balaban J connectivity index is 1.67. The van der Waals surface area contributed by atoms with E-state index in [9.17, 15) is 22.8 Å². The molecule has 10 heteroatoms. The van der Waals surface area contributed by atoms with Gasteiger partial charge in [-0.05, 0) is 43.0 Å². The highest BCUT2D eigenvalue weighted by Crippen LogP contribution is 2.47. The van der Waals surface area contributed by atoms with Crippen molar-refractivity contribution in [2.75, 3.05) is 0 Å². The summed E-state index contributed by atoms with van der Waals surface area (Å²) >= 11 is 12.5. The van der Waals surface area contributed by atoms with Crippen molar-refractivity contribution in [2.45, 2.75) is 44.4 Å². The van der Waals surface area contributed by atoms with Crippen molar-refractivity contribution in [3.05, 3.63) is 57.6 Å². The zero-order chi connectivity index (χ0) is 23.9. The first kappa shape index (κ1) is 23.7. The minimum absolute atomic E-state index is 0.315. The number of hydrogen-bond donors (Lipinski definition) is 2. The predicted octanol–water partition coefficient (Wildman–Crippen LogP) is 5.79. The van der Waals surface area contributed by atoms with E-state index in [2.05, 4.69) is 5.32 Å². The lowest BCUT2D eigenvalue weighted by Crippen LogP contribution is -2.58. The molecule has 0 aromatic heterocycles. The minimum atomic E-state index is -4.57. The zero-order valence-corrected chi connectivity index (χ0v) is 19.0. The summed E-state index contributed by atoms with van der Waals surface area (Å²) in [5, 5.41) is 5.59. The molecule has 2 aliphatic heterocycles. The summed E-state index contributed by atoms with van der Waals surface area (Å²) in [4.78, 5) is 26.0. The second-order valence-electron chi connectivity index (χ2n) is 8.24. The van der Waals surface area contributed by atoms with E-state index in [4.69, 9.17) is 27.9 Å². The molecule has 4 rings (SSSR count). The van der Waals surface area contributed by atoms with E-state index in [0.29, 0.717) is 45.5 Å². The molecule has 2 aromatic carbocycles. The van der Waals surface area contributed by atoms with Crippen LogP contribution in [-0.4, -0.2) is 24.0 Å². The van der Waals surface area contributed by atoms with Gasteiger partial charge >= 0.3 is 6.18 Å². The number of ether oxygens (including phenoxy) is 1. The van der Waals surface area contributed by atoms with Gasteiger partial charge in [0, 0.05) is 21.2 Å². The molecule has 1 fully saturated rings. The summed E-state index contributed by atoms with van der Waals surface area (Å²) in [5.41, 5.74) is 1.07. The van der Waals surface area contributed by atoms with E-state index in [0.717, 1.165) is 0 Å². The van der Waals surface area contributed by atoms with Crippen LogP contribution in [-0.2, 0) is 9.59 Å². The number of benzene rings is 2. The second kappa shape index (κ2) is 9.06. The first-order valence-corrected chi connectivity index (χ1v) is 11.3. The van der Waals surface area contributed by atoms with Gasteiger partial charge < -0.3 is 15.4 Å². The third kappa shape index (κ3) is 4.64. The van der Waals surface area contributed by atoms with Gasteiger partial charge in [0.1, 0.15) is 23.5 Å². The number of alkyl halides is 3. The van der Waals surface area contributed by atoms with Crippen molar-refractivity contribution in [1.82, 2.24) is 10.6 Å². The van der Waals surface area contributed by atoms with Gasteiger partial charge in [-0.25, -0.2) is 0 Å². The summed E-state index contributed by atoms with van der Waals surface area (Å²) in [6, 6.07) is 7.20. The van der Waals surface area contributed by atoms with Crippen molar-refractivity contribution in [3.63, 3.8) is 0 Å². The molecule has 0 aliphatic carbocycles. The van der Waals surface area contributed by atoms with Crippen molar-refractivity contribution in [3.8, 4) is 11.5 Å². The Morgan fingerprint density at radius 1 is 1.21 bits per heavy atom. The number of halogens is 5. The summed E-state index contributed by atoms with van der Waals surface area (Å²) in [7, 11) is 0. The van der Waals surface area contributed by atoms with Crippen LogP contribution >= 0.6 is 23.2 Å². The van der Waals surface area contributed by atoms with Crippen molar-refractivity contribution in [2.24, 2.45) is 11.8 Å². The summed E-state index contributed by atoms with van der Waals surface area (Å²) in [6.07, 6.45) is -4.07. The lowest BCUT2D eigenvalue weighted by Gasteiger charge is -2.37. The average molecular weight is 501 g/mol. The van der Waals surface area contributed by atoms with Gasteiger partial charge in [-0.15, -0.1) is 0 Å². The van der Waals surface area contributed by atoms with E-state index in [-0.39, 0.29) is 6.42 Å². The van der Waals surface area contributed by atoms with Crippen molar-refractivity contribution >= 4 is 35.0 Å². The smallest absolute Gasteiger partial charge is 0.408 e. The Bertz CT molecular complexity index is 1090. The minimum Gasteiger partial charge on any atom is -0.456 e. The fourth-order valence-corrected chi connectivity index (χ4v) is 4.99. The average Bonchev–Trinajstić information content (AvgIpc) is 2.72. The maximum absolute atomic E-state index is 13.4. The fraction of sp³-hybridized carbons (Fsp3) is 0.391. The van der Waals surface area contributed by atoms with E-state index in [1.54, 1.807) is 43.3 Å². The molecule has 4 unspecified atom stereocenters. The largest absolute Gasteiger partial charge is 0.456 e. The summed E-state index contributed by atoms with van der Waals surface area (Å²) in [5.74, 6) is -2.76. The SMILES string of the molecule is CCCC1CC(C(F)(F)F)NC(=O)C1C(=O)NC1c2ccc(Cl)cc2Oc2cccc(Cl)c21. The fourth-order valence-electron chi connectivity index (χ4n) is 4.55. The lowest BCUT2D eigenvalue weighted by molar-refractivity contribution is -0.176. The Hall–Kier alpha value is -2.45.